The van der Waals surface area contributed by atoms with Crippen molar-refractivity contribution in [3.05, 3.63) is 0 Å². The van der Waals surface area contributed by atoms with Crippen molar-refractivity contribution in [2.75, 3.05) is 0 Å². The summed E-state index contributed by atoms with van der Waals surface area (Å²) in [6.07, 6.45) is 60.5. The van der Waals surface area contributed by atoms with Crippen molar-refractivity contribution in [1.82, 2.24) is 0 Å². The molecule has 0 unspecified atom stereocenters. The molecule has 3 nitrogen and oxygen atoms in total. The molecule has 0 rings (SSSR count). The second-order valence-electron chi connectivity index (χ2n) is 20.0. The molecule has 0 spiro atoms. The van der Waals surface area contributed by atoms with Crippen molar-refractivity contribution in [2.24, 2.45) is 0 Å². The lowest BCUT2D eigenvalue weighted by Crippen LogP contribution is -2.41. The molecule has 0 aliphatic heterocycles. The van der Waals surface area contributed by atoms with Crippen LogP contribution in [-0.2, 0) is 9.47 Å². The number of hydrogen-bond acceptors (Lipinski definition) is 3. The molecule has 0 aromatic heterocycles. The Bertz CT molecular complexity index is 739. The molecule has 0 atom stereocenters. The first-order chi connectivity index (χ1) is 29.5. The van der Waals surface area contributed by atoms with Crippen LogP contribution in [0.3, 0.4) is 0 Å². The zero-order valence-corrected chi connectivity index (χ0v) is 42.7. The Labute approximate surface area is 380 Å². The van der Waals surface area contributed by atoms with Crippen molar-refractivity contribution < 1.29 is 14.3 Å². The summed E-state index contributed by atoms with van der Waals surface area (Å²) < 4.78 is 13.9. The minimum absolute atomic E-state index is 0.309. The maximum atomic E-state index is 14.6. The Morgan fingerprint density at radius 2 is 0.367 bits per heavy atom. The minimum Gasteiger partial charge on any atom is -0.428 e. The lowest BCUT2D eigenvalue weighted by molar-refractivity contribution is -0.101. The first kappa shape index (κ1) is 59.3. The molecule has 0 saturated carbocycles. The van der Waals surface area contributed by atoms with Gasteiger partial charge in [-0.1, -0.05) is 273 Å². The number of rotatable bonds is 50. The van der Waals surface area contributed by atoms with Crippen LogP contribution in [0.15, 0.2) is 0 Å². The summed E-state index contributed by atoms with van der Waals surface area (Å²) in [7, 11) is 0. The van der Waals surface area contributed by atoms with Gasteiger partial charge in [0.1, 0.15) is 11.2 Å². The van der Waals surface area contributed by atoms with Crippen molar-refractivity contribution in [2.45, 2.75) is 361 Å². The molecule has 0 aromatic carbocycles. The number of carbonyl (C=O) groups is 1. The third-order valence-corrected chi connectivity index (χ3v) is 14.0. The van der Waals surface area contributed by atoms with Gasteiger partial charge in [0.15, 0.2) is 0 Å². The lowest BCUT2D eigenvalue weighted by Gasteiger charge is -2.38. The molecule has 0 N–H and O–H groups in total. The molecular formula is C57H114O3. The Morgan fingerprint density at radius 3 is 0.517 bits per heavy atom. The van der Waals surface area contributed by atoms with E-state index in [-0.39, 0.29) is 17.4 Å². The molecule has 60 heavy (non-hydrogen) atoms. The third kappa shape index (κ3) is 37.8. The summed E-state index contributed by atoms with van der Waals surface area (Å²) in [5.41, 5.74) is -0.755. The van der Waals surface area contributed by atoms with E-state index in [1.54, 1.807) is 0 Å². The molecule has 0 aromatic rings. The van der Waals surface area contributed by atoms with Gasteiger partial charge in [-0.05, 0) is 77.0 Å². The van der Waals surface area contributed by atoms with E-state index >= 15 is 0 Å². The molecule has 3 heteroatoms. The Balaban J connectivity index is 6.23. The first-order valence-corrected chi connectivity index (χ1v) is 28.4. The number of unbranched alkanes of at least 4 members (excludes halogenated alkanes) is 36. The fourth-order valence-corrected chi connectivity index (χ4v) is 9.86. The van der Waals surface area contributed by atoms with Crippen LogP contribution in [0.25, 0.3) is 0 Å². The van der Waals surface area contributed by atoms with Crippen molar-refractivity contribution >= 4 is 6.16 Å². The quantitative estimate of drug-likeness (QED) is 0.0452. The number of hydrogen-bond donors (Lipinski definition) is 0. The zero-order chi connectivity index (χ0) is 43.9. The van der Waals surface area contributed by atoms with Crippen LogP contribution in [0.2, 0.25) is 0 Å². The monoisotopic (exact) mass is 847 g/mol. The van der Waals surface area contributed by atoms with Crippen LogP contribution in [0, 0.1) is 0 Å². The van der Waals surface area contributed by atoms with Crippen molar-refractivity contribution in [3.63, 3.8) is 0 Å². The van der Waals surface area contributed by atoms with Gasteiger partial charge >= 0.3 is 6.16 Å². The van der Waals surface area contributed by atoms with Gasteiger partial charge in [0.25, 0.3) is 0 Å². The average Bonchev–Trinajstić information content (AvgIpc) is 3.24. The predicted octanol–water partition coefficient (Wildman–Crippen LogP) is 21.5. The van der Waals surface area contributed by atoms with Crippen molar-refractivity contribution in [3.8, 4) is 0 Å². The van der Waals surface area contributed by atoms with Gasteiger partial charge < -0.3 is 9.47 Å². The Kier molecular flexibility index (Phi) is 45.7. The SMILES string of the molecule is CCCCCCCCCCCC(CCCCCCCC)(CCCCCCCC)OC(=O)OC(CCCCCCCC)(CCCCCCCC)CCCCCCCCCCC. The summed E-state index contributed by atoms with van der Waals surface area (Å²) in [5.74, 6) is 0. The number of carbonyl (C=O) groups excluding carboxylic acids is 1. The van der Waals surface area contributed by atoms with E-state index in [4.69, 9.17) is 9.47 Å². The van der Waals surface area contributed by atoms with Crippen LogP contribution >= 0.6 is 0 Å². The summed E-state index contributed by atoms with van der Waals surface area (Å²) in [6.45, 7) is 13.9. The Morgan fingerprint density at radius 1 is 0.233 bits per heavy atom. The molecule has 0 heterocycles. The van der Waals surface area contributed by atoms with E-state index < -0.39 is 0 Å². The van der Waals surface area contributed by atoms with E-state index in [2.05, 4.69) is 41.5 Å². The van der Waals surface area contributed by atoms with Gasteiger partial charge in [-0.2, -0.15) is 0 Å². The second kappa shape index (κ2) is 46.3. The zero-order valence-electron chi connectivity index (χ0n) is 42.7. The van der Waals surface area contributed by atoms with Gasteiger partial charge in [-0.25, -0.2) is 4.79 Å². The summed E-state index contributed by atoms with van der Waals surface area (Å²) in [6, 6.07) is 0. The van der Waals surface area contributed by atoms with E-state index in [1.165, 1.54) is 270 Å². The Hall–Kier alpha value is -0.730. The van der Waals surface area contributed by atoms with Crippen molar-refractivity contribution in [1.29, 1.82) is 0 Å². The molecule has 360 valence electrons. The maximum absolute atomic E-state index is 14.6. The normalized spacial score (nSPS) is 12.1. The summed E-state index contributed by atoms with van der Waals surface area (Å²) in [5, 5.41) is 0. The highest BCUT2D eigenvalue weighted by molar-refractivity contribution is 5.61. The largest absolute Gasteiger partial charge is 0.509 e. The molecule has 0 fully saturated rings. The fraction of sp³-hybridized carbons (Fsp3) is 0.982. The van der Waals surface area contributed by atoms with Gasteiger partial charge in [0.2, 0.25) is 0 Å². The van der Waals surface area contributed by atoms with Gasteiger partial charge in [0, 0.05) is 0 Å². The topological polar surface area (TPSA) is 35.5 Å². The number of ether oxygens (including phenoxy) is 2. The maximum Gasteiger partial charge on any atom is 0.509 e. The van der Waals surface area contributed by atoms with Crippen LogP contribution < -0.4 is 0 Å². The second-order valence-corrected chi connectivity index (χ2v) is 20.0. The minimum atomic E-state index is -0.377. The highest BCUT2D eigenvalue weighted by atomic mass is 16.7. The van der Waals surface area contributed by atoms with Gasteiger partial charge in [-0.15, -0.1) is 0 Å². The molecule has 0 bridgehead atoms. The molecule has 0 aliphatic carbocycles. The lowest BCUT2D eigenvalue weighted by atomic mass is 9.84. The van der Waals surface area contributed by atoms with E-state index in [0.29, 0.717) is 0 Å². The van der Waals surface area contributed by atoms with Gasteiger partial charge in [-0.3, -0.25) is 0 Å². The molecule has 0 radical (unpaired) electrons. The summed E-state index contributed by atoms with van der Waals surface area (Å²) in [4.78, 5) is 14.6. The van der Waals surface area contributed by atoms with Gasteiger partial charge in [0.05, 0.1) is 0 Å². The molecule has 0 amide bonds. The summed E-state index contributed by atoms with van der Waals surface area (Å²) >= 11 is 0. The van der Waals surface area contributed by atoms with E-state index in [9.17, 15) is 4.79 Å². The van der Waals surface area contributed by atoms with E-state index in [0.717, 1.165) is 38.5 Å². The molecule has 0 aliphatic rings. The molecule has 0 saturated heterocycles. The first-order valence-electron chi connectivity index (χ1n) is 28.4. The fourth-order valence-electron chi connectivity index (χ4n) is 9.86. The van der Waals surface area contributed by atoms with Crippen LogP contribution in [-0.4, -0.2) is 17.4 Å². The third-order valence-electron chi connectivity index (χ3n) is 14.0. The highest BCUT2D eigenvalue weighted by Gasteiger charge is 2.39. The highest BCUT2D eigenvalue weighted by Crippen LogP contribution is 2.38. The average molecular weight is 848 g/mol. The van der Waals surface area contributed by atoms with Crippen LogP contribution in [0.4, 0.5) is 4.79 Å². The van der Waals surface area contributed by atoms with Crippen LogP contribution in [0.5, 0.6) is 0 Å². The standard InChI is InChI=1S/C57H114O3/c1-7-13-19-25-31-33-35-41-47-53-56(49-43-37-27-21-15-9-3,50-44-38-28-22-16-10-4)59-55(58)60-57(51-45-39-29-23-17-11-5,52-46-40-30-24-18-12-6)54-48-42-36-34-32-26-20-14-8-2/h7-54H2,1-6H3. The predicted molar refractivity (Wildman–Crippen MR) is 269 cm³/mol. The van der Waals surface area contributed by atoms with E-state index in [1.807, 2.05) is 0 Å². The van der Waals surface area contributed by atoms with Crippen LogP contribution in [0.1, 0.15) is 350 Å². The molecular weight excluding hydrogens is 733 g/mol. The smallest absolute Gasteiger partial charge is 0.428 e.